The summed E-state index contributed by atoms with van der Waals surface area (Å²) in [6.07, 6.45) is 4.83. The highest BCUT2D eigenvalue weighted by atomic mass is 16.2. The van der Waals surface area contributed by atoms with Crippen LogP contribution in [0.25, 0.3) is 0 Å². The van der Waals surface area contributed by atoms with Gasteiger partial charge >= 0.3 is 6.03 Å². The van der Waals surface area contributed by atoms with E-state index in [4.69, 9.17) is 0 Å². The van der Waals surface area contributed by atoms with Crippen LogP contribution in [0.5, 0.6) is 0 Å². The average molecular weight is 303 g/mol. The number of pyridine rings is 1. The summed E-state index contributed by atoms with van der Waals surface area (Å²) in [6.45, 7) is 3.56. The molecule has 1 atom stereocenters. The maximum Gasteiger partial charge on any atom is 0.317 e. The molecule has 1 aromatic rings. The van der Waals surface area contributed by atoms with Crippen molar-refractivity contribution in [1.29, 1.82) is 0 Å². The molecule has 0 aromatic carbocycles. The molecule has 1 aromatic heterocycles. The number of hydrogen-bond acceptors (Lipinski definition) is 4. The molecule has 3 rings (SSSR count). The lowest BCUT2D eigenvalue weighted by molar-refractivity contribution is 0.201. The fraction of sp³-hybridized carbons (Fsp3) is 0.625. The Morgan fingerprint density at radius 2 is 1.95 bits per heavy atom. The maximum absolute atomic E-state index is 12.3. The molecule has 0 aliphatic carbocycles. The van der Waals surface area contributed by atoms with Gasteiger partial charge in [0, 0.05) is 44.5 Å². The molecule has 22 heavy (non-hydrogen) atoms. The van der Waals surface area contributed by atoms with Gasteiger partial charge in [-0.05, 0) is 38.4 Å². The smallest absolute Gasteiger partial charge is 0.317 e. The average Bonchev–Trinajstić information content (AvgIpc) is 3.06. The molecule has 6 heteroatoms. The molecule has 120 valence electrons. The number of anilines is 1. The highest BCUT2D eigenvalue weighted by molar-refractivity contribution is 5.75. The van der Waals surface area contributed by atoms with E-state index in [1.165, 1.54) is 0 Å². The standard InChI is InChI=1S/C16H25N5O/c1-17-14-7-11-21(12-14)16(22)19-13-5-9-20(10-6-13)15-4-2-3-8-18-15/h2-4,8,13-14,17H,5-7,9-12H2,1H3,(H,19,22)/t14-/m0/s1. The molecule has 0 spiro atoms. The number of carbonyl (C=O) groups is 1. The molecule has 2 fully saturated rings. The molecule has 0 saturated carbocycles. The molecule has 3 heterocycles. The molecule has 2 amide bonds. The van der Waals surface area contributed by atoms with E-state index in [0.717, 1.165) is 51.3 Å². The first-order valence-electron chi connectivity index (χ1n) is 8.15. The van der Waals surface area contributed by atoms with Crippen molar-refractivity contribution in [1.82, 2.24) is 20.5 Å². The number of nitrogens with one attached hydrogen (secondary N) is 2. The summed E-state index contributed by atoms with van der Waals surface area (Å²) in [6, 6.07) is 6.81. The number of likely N-dealkylation sites (tertiary alicyclic amines) is 1. The third-order valence-corrected chi connectivity index (χ3v) is 4.68. The summed E-state index contributed by atoms with van der Waals surface area (Å²) < 4.78 is 0. The van der Waals surface area contributed by atoms with Gasteiger partial charge in [-0.25, -0.2) is 9.78 Å². The second-order valence-electron chi connectivity index (χ2n) is 6.12. The number of rotatable bonds is 3. The Balaban J connectivity index is 1.45. The Hall–Kier alpha value is -1.82. The van der Waals surface area contributed by atoms with Gasteiger partial charge in [-0.1, -0.05) is 6.07 Å². The van der Waals surface area contributed by atoms with Crippen LogP contribution < -0.4 is 15.5 Å². The molecule has 0 unspecified atom stereocenters. The van der Waals surface area contributed by atoms with E-state index >= 15 is 0 Å². The quantitative estimate of drug-likeness (QED) is 0.876. The Bertz CT molecular complexity index is 487. The van der Waals surface area contributed by atoms with Crippen molar-refractivity contribution in [3.63, 3.8) is 0 Å². The number of likely N-dealkylation sites (N-methyl/N-ethyl adjacent to an activating group) is 1. The van der Waals surface area contributed by atoms with Crippen LogP contribution in [0.4, 0.5) is 10.6 Å². The zero-order valence-electron chi connectivity index (χ0n) is 13.2. The number of piperidine rings is 1. The zero-order chi connectivity index (χ0) is 15.4. The summed E-state index contributed by atoms with van der Waals surface area (Å²) in [7, 11) is 1.96. The van der Waals surface area contributed by atoms with Crippen molar-refractivity contribution >= 4 is 11.8 Å². The van der Waals surface area contributed by atoms with Gasteiger partial charge in [0.15, 0.2) is 0 Å². The van der Waals surface area contributed by atoms with E-state index in [-0.39, 0.29) is 12.1 Å². The molecular formula is C16H25N5O. The van der Waals surface area contributed by atoms with E-state index < -0.39 is 0 Å². The van der Waals surface area contributed by atoms with Crippen LogP contribution in [0.1, 0.15) is 19.3 Å². The minimum absolute atomic E-state index is 0.0917. The molecule has 2 aliphatic rings. The molecule has 2 N–H and O–H groups in total. The van der Waals surface area contributed by atoms with Crippen molar-refractivity contribution in [2.75, 3.05) is 38.1 Å². The molecule has 2 aliphatic heterocycles. The van der Waals surface area contributed by atoms with E-state index in [2.05, 4.69) is 20.5 Å². The monoisotopic (exact) mass is 303 g/mol. The van der Waals surface area contributed by atoms with Crippen molar-refractivity contribution < 1.29 is 4.79 Å². The van der Waals surface area contributed by atoms with Crippen molar-refractivity contribution in [2.24, 2.45) is 0 Å². The number of aromatic nitrogens is 1. The van der Waals surface area contributed by atoms with Crippen LogP contribution in [0.3, 0.4) is 0 Å². The number of nitrogens with zero attached hydrogens (tertiary/aromatic N) is 3. The minimum atomic E-state index is 0.0917. The second kappa shape index (κ2) is 6.96. The summed E-state index contributed by atoms with van der Waals surface area (Å²) >= 11 is 0. The largest absolute Gasteiger partial charge is 0.356 e. The first kappa shape index (κ1) is 15.1. The van der Waals surface area contributed by atoms with Crippen LogP contribution in [0.15, 0.2) is 24.4 Å². The van der Waals surface area contributed by atoms with Gasteiger partial charge < -0.3 is 20.4 Å². The van der Waals surface area contributed by atoms with E-state index in [0.29, 0.717) is 6.04 Å². The van der Waals surface area contributed by atoms with Crippen LogP contribution in [-0.4, -0.2) is 61.2 Å². The second-order valence-corrected chi connectivity index (χ2v) is 6.12. The van der Waals surface area contributed by atoms with E-state index in [1.807, 2.05) is 36.3 Å². The predicted octanol–water partition coefficient (Wildman–Crippen LogP) is 1.05. The zero-order valence-corrected chi connectivity index (χ0v) is 13.2. The van der Waals surface area contributed by atoms with Crippen molar-refractivity contribution in [3.8, 4) is 0 Å². The topological polar surface area (TPSA) is 60.5 Å². The highest BCUT2D eigenvalue weighted by Gasteiger charge is 2.28. The SMILES string of the molecule is CN[C@H]1CCN(C(=O)NC2CCN(c3ccccn3)CC2)C1. The number of amides is 2. The summed E-state index contributed by atoms with van der Waals surface area (Å²) in [5.41, 5.74) is 0. The first-order chi connectivity index (χ1) is 10.8. The minimum Gasteiger partial charge on any atom is -0.356 e. The Labute approximate surface area is 131 Å². The van der Waals surface area contributed by atoms with Crippen molar-refractivity contribution in [2.45, 2.75) is 31.3 Å². The van der Waals surface area contributed by atoms with Gasteiger partial charge in [0.2, 0.25) is 0 Å². The Kier molecular flexibility index (Phi) is 4.77. The van der Waals surface area contributed by atoms with Gasteiger partial charge in [0.25, 0.3) is 0 Å². The van der Waals surface area contributed by atoms with Crippen LogP contribution in [-0.2, 0) is 0 Å². The Morgan fingerprint density at radius 3 is 2.59 bits per heavy atom. The lowest BCUT2D eigenvalue weighted by Crippen LogP contribution is -2.49. The van der Waals surface area contributed by atoms with Gasteiger partial charge in [0.1, 0.15) is 5.82 Å². The summed E-state index contributed by atoms with van der Waals surface area (Å²) in [5.74, 6) is 1.03. The summed E-state index contributed by atoms with van der Waals surface area (Å²) in [4.78, 5) is 20.9. The number of hydrogen-bond donors (Lipinski definition) is 2. The van der Waals surface area contributed by atoms with Gasteiger partial charge in [-0.15, -0.1) is 0 Å². The molecule has 0 radical (unpaired) electrons. The van der Waals surface area contributed by atoms with Gasteiger partial charge in [-0.2, -0.15) is 0 Å². The van der Waals surface area contributed by atoms with Crippen LogP contribution >= 0.6 is 0 Å². The van der Waals surface area contributed by atoms with E-state index in [9.17, 15) is 4.79 Å². The lowest BCUT2D eigenvalue weighted by atomic mass is 10.1. The Morgan fingerprint density at radius 1 is 1.18 bits per heavy atom. The fourth-order valence-electron chi connectivity index (χ4n) is 3.24. The third-order valence-electron chi connectivity index (χ3n) is 4.68. The normalized spacial score (nSPS) is 22.9. The fourth-order valence-corrected chi connectivity index (χ4v) is 3.24. The first-order valence-corrected chi connectivity index (χ1v) is 8.15. The number of carbonyl (C=O) groups excluding carboxylic acids is 1. The van der Waals surface area contributed by atoms with Gasteiger partial charge in [-0.3, -0.25) is 0 Å². The van der Waals surface area contributed by atoms with Crippen LogP contribution in [0.2, 0.25) is 0 Å². The molecule has 6 nitrogen and oxygen atoms in total. The molecule has 0 bridgehead atoms. The molecule has 2 saturated heterocycles. The van der Waals surface area contributed by atoms with Crippen LogP contribution in [0, 0.1) is 0 Å². The maximum atomic E-state index is 12.3. The van der Waals surface area contributed by atoms with E-state index in [1.54, 1.807) is 0 Å². The highest BCUT2D eigenvalue weighted by Crippen LogP contribution is 2.18. The molecular weight excluding hydrogens is 278 g/mol. The third kappa shape index (κ3) is 3.50. The summed E-state index contributed by atoms with van der Waals surface area (Å²) in [5, 5.41) is 6.43. The predicted molar refractivity (Wildman–Crippen MR) is 87.0 cm³/mol. The lowest BCUT2D eigenvalue weighted by Gasteiger charge is -2.33. The van der Waals surface area contributed by atoms with Crippen molar-refractivity contribution in [3.05, 3.63) is 24.4 Å². The van der Waals surface area contributed by atoms with Gasteiger partial charge in [0.05, 0.1) is 0 Å². The number of urea groups is 1.